The van der Waals surface area contributed by atoms with Crippen LogP contribution in [-0.4, -0.2) is 64.6 Å². The highest BCUT2D eigenvalue weighted by atomic mass is 35.5. The summed E-state index contributed by atoms with van der Waals surface area (Å²) in [6.45, 7) is 1.31. The minimum atomic E-state index is -0.598. The number of nitro groups is 1. The summed E-state index contributed by atoms with van der Waals surface area (Å²) in [6.07, 6.45) is 1.42. The van der Waals surface area contributed by atoms with Gasteiger partial charge in [-0.1, -0.05) is 29.4 Å². The molecular formula is C22H18ClN3O6S2. The highest BCUT2D eigenvalue weighted by Crippen LogP contribution is 2.37. The highest BCUT2D eigenvalue weighted by Gasteiger charge is 2.37. The lowest BCUT2D eigenvalue weighted by atomic mass is 10.2. The van der Waals surface area contributed by atoms with Crippen LogP contribution in [0.1, 0.15) is 5.56 Å². The zero-order valence-electron chi connectivity index (χ0n) is 17.6. The Labute approximate surface area is 208 Å². The number of carbonyl (C=O) groups is 3. The molecule has 0 N–H and O–H groups in total. The molecule has 0 aliphatic carbocycles. The van der Waals surface area contributed by atoms with Crippen molar-refractivity contribution in [3.8, 4) is 0 Å². The molecule has 9 nitrogen and oxygen atoms in total. The van der Waals surface area contributed by atoms with E-state index in [0.717, 1.165) is 9.80 Å². The van der Waals surface area contributed by atoms with Crippen molar-refractivity contribution < 1.29 is 24.0 Å². The number of imide groups is 1. The molecule has 2 aliphatic rings. The average Bonchev–Trinajstić information content (AvgIpc) is 3.09. The minimum absolute atomic E-state index is 0.104. The summed E-state index contributed by atoms with van der Waals surface area (Å²) in [4.78, 5) is 52.5. The number of nitro benzene ring substituents is 1. The number of rotatable bonds is 6. The third-order valence-electron chi connectivity index (χ3n) is 5.05. The van der Waals surface area contributed by atoms with E-state index < -0.39 is 16.1 Å². The third kappa shape index (κ3) is 5.61. The summed E-state index contributed by atoms with van der Waals surface area (Å²) < 4.78 is 5.21. The Morgan fingerprint density at radius 3 is 2.56 bits per heavy atom. The first-order chi connectivity index (χ1) is 16.3. The highest BCUT2D eigenvalue weighted by molar-refractivity contribution is 8.18. The van der Waals surface area contributed by atoms with Crippen LogP contribution in [0.3, 0.4) is 0 Å². The van der Waals surface area contributed by atoms with Crippen molar-refractivity contribution in [3.05, 3.63) is 68.1 Å². The van der Waals surface area contributed by atoms with Crippen LogP contribution in [0.25, 0.3) is 6.08 Å². The van der Waals surface area contributed by atoms with Crippen LogP contribution < -0.4 is 0 Å². The predicted octanol–water partition coefficient (Wildman–Crippen LogP) is 4.29. The molecule has 0 bridgehead atoms. The topological polar surface area (TPSA) is 110 Å². The molecular weight excluding hydrogens is 502 g/mol. The Bertz CT molecular complexity index is 1180. The maximum absolute atomic E-state index is 12.8. The van der Waals surface area contributed by atoms with Crippen LogP contribution in [0.2, 0.25) is 5.02 Å². The third-order valence-corrected chi connectivity index (χ3v) is 7.28. The van der Waals surface area contributed by atoms with Gasteiger partial charge < -0.3 is 9.64 Å². The second-order valence-electron chi connectivity index (χ2n) is 7.30. The molecule has 2 aromatic carbocycles. The number of amides is 3. The van der Waals surface area contributed by atoms with Crippen LogP contribution in [0.15, 0.2) is 57.2 Å². The molecule has 2 saturated heterocycles. The first-order valence-electron chi connectivity index (χ1n) is 10.1. The second-order valence-corrected chi connectivity index (χ2v) is 9.85. The van der Waals surface area contributed by atoms with Crippen LogP contribution >= 0.6 is 35.1 Å². The van der Waals surface area contributed by atoms with Gasteiger partial charge in [-0.2, -0.15) is 0 Å². The van der Waals surface area contributed by atoms with Gasteiger partial charge in [-0.05, 0) is 53.7 Å². The molecule has 12 heteroatoms. The van der Waals surface area contributed by atoms with E-state index in [2.05, 4.69) is 0 Å². The summed E-state index contributed by atoms with van der Waals surface area (Å²) >= 11 is 7.81. The molecule has 4 rings (SSSR count). The van der Waals surface area contributed by atoms with Crippen molar-refractivity contribution >= 4 is 63.9 Å². The lowest BCUT2D eigenvalue weighted by Crippen LogP contribution is -2.46. The monoisotopic (exact) mass is 519 g/mol. The standard InChI is InChI=1S/C22H18ClN3O6S2/c23-15-2-4-16(5-3-15)33-18-6-1-14(11-17(18)26(30)31)12-19-21(28)25(22(29)34-19)13-20(27)24-7-9-32-10-8-24/h1-6,11-12H,7-10,13H2. The normalized spacial score (nSPS) is 17.5. The number of benzene rings is 2. The number of morpholine rings is 1. The maximum Gasteiger partial charge on any atom is 0.294 e. The lowest BCUT2D eigenvalue weighted by molar-refractivity contribution is -0.387. The molecule has 2 aromatic rings. The van der Waals surface area contributed by atoms with Gasteiger partial charge in [-0.15, -0.1) is 0 Å². The van der Waals surface area contributed by atoms with Gasteiger partial charge in [0.2, 0.25) is 5.91 Å². The smallest absolute Gasteiger partial charge is 0.294 e. The van der Waals surface area contributed by atoms with E-state index in [1.807, 2.05) is 0 Å². The van der Waals surface area contributed by atoms with Crippen molar-refractivity contribution in [2.75, 3.05) is 32.8 Å². The van der Waals surface area contributed by atoms with E-state index in [1.165, 1.54) is 23.9 Å². The fraction of sp³-hybridized carbons (Fsp3) is 0.227. The Morgan fingerprint density at radius 1 is 1.18 bits per heavy atom. The molecule has 2 fully saturated rings. The number of nitrogens with zero attached hydrogens (tertiary/aromatic N) is 3. The van der Waals surface area contributed by atoms with E-state index in [9.17, 15) is 24.5 Å². The van der Waals surface area contributed by atoms with E-state index in [4.69, 9.17) is 16.3 Å². The van der Waals surface area contributed by atoms with Crippen molar-refractivity contribution in [2.24, 2.45) is 0 Å². The second kappa shape index (κ2) is 10.6. The molecule has 2 aliphatic heterocycles. The van der Waals surface area contributed by atoms with Gasteiger partial charge in [-0.25, -0.2) is 0 Å². The van der Waals surface area contributed by atoms with Crippen molar-refractivity contribution in [1.82, 2.24) is 9.80 Å². The maximum atomic E-state index is 12.8. The first-order valence-corrected chi connectivity index (χ1v) is 12.2. The molecule has 34 heavy (non-hydrogen) atoms. The molecule has 0 spiro atoms. The number of hydrogen-bond donors (Lipinski definition) is 0. The Hall–Kier alpha value is -2.86. The van der Waals surface area contributed by atoms with E-state index >= 15 is 0 Å². The van der Waals surface area contributed by atoms with E-state index in [1.54, 1.807) is 41.3 Å². The predicted molar refractivity (Wildman–Crippen MR) is 129 cm³/mol. The molecule has 0 aromatic heterocycles. The summed E-state index contributed by atoms with van der Waals surface area (Å²) in [5.41, 5.74) is 0.271. The van der Waals surface area contributed by atoms with Crippen LogP contribution in [0.5, 0.6) is 0 Å². The molecule has 3 amide bonds. The lowest BCUT2D eigenvalue weighted by Gasteiger charge is -2.28. The number of thioether (sulfide) groups is 1. The fourth-order valence-corrected chi connectivity index (χ4v) is 5.18. The van der Waals surface area contributed by atoms with Gasteiger partial charge in [0.05, 0.1) is 27.9 Å². The zero-order chi connectivity index (χ0) is 24.2. The molecule has 2 heterocycles. The van der Waals surface area contributed by atoms with Crippen LogP contribution in [-0.2, 0) is 14.3 Å². The minimum Gasteiger partial charge on any atom is -0.378 e. The number of carbonyl (C=O) groups excluding carboxylic acids is 3. The Kier molecular flexibility index (Phi) is 7.57. The molecule has 0 atom stereocenters. The van der Waals surface area contributed by atoms with Crippen LogP contribution in [0.4, 0.5) is 10.5 Å². The fourth-order valence-electron chi connectivity index (χ4n) is 3.32. The van der Waals surface area contributed by atoms with Gasteiger partial charge in [0.15, 0.2) is 0 Å². The van der Waals surface area contributed by atoms with Crippen molar-refractivity contribution in [3.63, 3.8) is 0 Å². The molecule has 0 saturated carbocycles. The number of halogens is 1. The Balaban J connectivity index is 1.51. The Morgan fingerprint density at radius 2 is 1.88 bits per heavy atom. The largest absolute Gasteiger partial charge is 0.378 e. The van der Waals surface area contributed by atoms with Crippen LogP contribution in [0, 0.1) is 10.1 Å². The van der Waals surface area contributed by atoms with Gasteiger partial charge in [0.25, 0.3) is 16.8 Å². The van der Waals surface area contributed by atoms with Gasteiger partial charge in [-0.3, -0.25) is 29.4 Å². The van der Waals surface area contributed by atoms with E-state index in [-0.39, 0.29) is 23.0 Å². The molecule has 176 valence electrons. The first kappa shape index (κ1) is 24.3. The van der Waals surface area contributed by atoms with Crippen molar-refractivity contribution in [1.29, 1.82) is 0 Å². The number of ether oxygens (including phenoxy) is 1. The summed E-state index contributed by atoms with van der Waals surface area (Å²) in [5.74, 6) is -0.926. The number of hydrogen-bond acceptors (Lipinski definition) is 8. The van der Waals surface area contributed by atoms with Gasteiger partial charge in [0.1, 0.15) is 6.54 Å². The summed E-state index contributed by atoms with van der Waals surface area (Å²) in [6, 6.07) is 11.5. The van der Waals surface area contributed by atoms with E-state index in [0.29, 0.717) is 53.5 Å². The molecule has 0 unspecified atom stereocenters. The zero-order valence-corrected chi connectivity index (χ0v) is 20.0. The average molecular weight is 520 g/mol. The molecule has 0 radical (unpaired) electrons. The summed E-state index contributed by atoms with van der Waals surface area (Å²) in [5, 5.41) is 11.7. The quantitative estimate of drug-likeness (QED) is 0.316. The van der Waals surface area contributed by atoms with Gasteiger partial charge in [0, 0.05) is 29.1 Å². The SMILES string of the molecule is O=C(CN1C(=O)SC(=Cc2ccc(Sc3ccc(Cl)cc3)c([N+](=O)[O-])c2)C1=O)N1CCOCC1. The summed E-state index contributed by atoms with van der Waals surface area (Å²) in [7, 11) is 0. The van der Waals surface area contributed by atoms with Gasteiger partial charge >= 0.3 is 0 Å². The van der Waals surface area contributed by atoms with Crippen molar-refractivity contribution in [2.45, 2.75) is 9.79 Å².